The molecule has 1 aromatic rings. The molecule has 1 heterocycles. The summed E-state index contributed by atoms with van der Waals surface area (Å²) < 4.78 is 0. The fourth-order valence-corrected chi connectivity index (χ4v) is 2.78. The predicted octanol–water partition coefficient (Wildman–Crippen LogP) is 1.35. The lowest BCUT2D eigenvalue weighted by Gasteiger charge is -2.16. The zero-order chi connectivity index (χ0) is 16.7. The highest BCUT2D eigenvalue weighted by atomic mass is 16.3. The minimum absolute atomic E-state index is 0.0506. The van der Waals surface area contributed by atoms with Crippen molar-refractivity contribution in [2.24, 2.45) is 5.92 Å². The standard InChI is InChI=1S/C18H26N2O3/c1-2-16(21)8-10-19-18(23)15-12-17(22)20(13-15)11-9-14-6-4-3-5-7-14/h3-7,15-16,21H,2,8-13H2,1H3,(H,19,23). The van der Waals surface area contributed by atoms with Gasteiger partial charge in [0.05, 0.1) is 12.0 Å². The third-order valence-corrected chi connectivity index (χ3v) is 4.35. The first-order chi connectivity index (χ1) is 11.1. The minimum Gasteiger partial charge on any atom is -0.393 e. The Morgan fingerprint density at radius 3 is 2.83 bits per heavy atom. The zero-order valence-corrected chi connectivity index (χ0v) is 13.7. The van der Waals surface area contributed by atoms with Crippen LogP contribution >= 0.6 is 0 Å². The maximum Gasteiger partial charge on any atom is 0.225 e. The Hall–Kier alpha value is -1.88. The zero-order valence-electron chi connectivity index (χ0n) is 13.7. The summed E-state index contributed by atoms with van der Waals surface area (Å²) >= 11 is 0. The number of likely N-dealkylation sites (tertiary alicyclic amines) is 1. The van der Waals surface area contributed by atoms with Gasteiger partial charge in [0.1, 0.15) is 0 Å². The molecule has 2 N–H and O–H groups in total. The van der Waals surface area contributed by atoms with Gasteiger partial charge in [0, 0.05) is 26.1 Å². The highest BCUT2D eigenvalue weighted by Crippen LogP contribution is 2.18. The molecule has 2 atom stereocenters. The maximum atomic E-state index is 12.1. The van der Waals surface area contributed by atoms with E-state index in [4.69, 9.17) is 0 Å². The Morgan fingerprint density at radius 2 is 2.13 bits per heavy atom. The van der Waals surface area contributed by atoms with E-state index in [9.17, 15) is 14.7 Å². The summed E-state index contributed by atoms with van der Waals surface area (Å²) in [5.74, 6) is -0.296. The van der Waals surface area contributed by atoms with E-state index in [1.54, 1.807) is 4.90 Å². The monoisotopic (exact) mass is 318 g/mol. The molecule has 126 valence electrons. The summed E-state index contributed by atoms with van der Waals surface area (Å²) in [5, 5.41) is 12.3. The average molecular weight is 318 g/mol. The highest BCUT2D eigenvalue weighted by Gasteiger charge is 2.33. The van der Waals surface area contributed by atoms with E-state index in [-0.39, 0.29) is 30.3 Å². The van der Waals surface area contributed by atoms with Crippen molar-refractivity contribution in [1.29, 1.82) is 0 Å². The molecule has 0 aliphatic carbocycles. The Balaban J connectivity index is 1.74. The van der Waals surface area contributed by atoms with Crippen LogP contribution in [0, 0.1) is 5.92 Å². The van der Waals surface area contributed by atoms with Crippen LogP contribution in [-0.4, -0.2) is 47.6 Å². The van der Waals surface area contributed by atoms with Gasteiger partial charge in [-0.3, -0.25) is 9.59 Å². The van der Waals surface area contributed by atoms with E-state index in [0.717, 1.165) is 6.42 Å². The number of benzene rings is 1. The van der Waals surface area contributed by atoms with Gasteiger partial charge >= 0.3 is 0 Å². The SMILES string of the molecule is CCC(O)CCNC(=O)C1CC(=O)N(CCc2ccccc2)C1. The Bertz CT molecular complexity index is 518. The van der Waals surface area contributed by atoms with E-state index in [1.165, 1.54) is 5.56 Å². The molecule has 1 aromatic carbocycles. The van der Waals surface area contributed by atoms with Crippen LogP contribution in [0.1, 0.15) is 31.7 Å². The number of carbonyl (C=O) groups is 2. The quantitative estimate of drug-likeness (QED) is 0.760. The van der Waals surface area contributed by atoms with Gasteiger partial charge in [-0.25, -0.2) is 0 Å². The van der Waals surface area contributed by atoms with E-state index >= 15 is 0 Å². The minimum atomic E-state index is -0.372. The van der Waals surface area contributed by atoms with Crippen molar-refractivity contribution in [3.63, 3.8) is 0 Å². The summed E-state index contributed by atoms with van der Waals surface area (Å²) in [6, 6.07) is 10.0. The van der Waals surface area contributed by atoms with Gasteiger partial charge < -0.3 is 15.3 Å². The molecule has 5 nitrogen and oxygen atoms in total. The van der Waals surface area contributed by atoms with Gasteiger partial charge in [-0.2, -0.15) is 0 Å². The molecule has 1 aliphatic rings. The lowest BCUT2D eigenvalue weighted by molar-refractivity contribution is -0.129. The summed E-state index contributed by atoms with van der Waals surface area (Å²) in [6.07, 6.45) is 1.97. The number of nitrogens with zero attached hydrogens (tertiary/aromatic N) is 1. The van der Waals surface area contributed by atoms with Crippen molar-refractivity contribution in [2.75, 3.05) is 19.6 Å². The van der Waals surface area contributed by atoms with Crippen LogP contribution in [0.5, 0.6) is 0 Å². The number of amides is 2. The molecule has 23 heavy (non-hydrogen) atoms. The van der Waals surface area contributed by atoms with Crippen LogP contribution in [0.2, 0.25) is 0 Å². The number of carbonyl (C=O) groups excluding carboxylic acids is 2. The average Bonchev–Trinajstić information content (AvgIpc) is 2.94. The van der Waals surface area contributed by atoms with Crippen molar-refractivity contribution in [2.45, 2.75) is 38.7 Å². The first kappa shape index (κ1) is 17.5. The normalized spacial score (nSPS) is 19.0. The molecule has 1 fully saturated rings. The van der Waals surface area contributed by atoms with Gasteiger partial charge in [-0.05, 0) is 24.8 Å². The lowest BCUT2D eigenvalue weighted by atomic mass is 10.1. The molecule has 0 bridgehead atoms. The largest absolute Gasteiger partial charge is 0.393 e. The molecule has 0 radical (unpaired) electrons. The number of aliphatic hydroxyl groups excluding tert-OH is 1. The van der Waals surface area contributed by atoms with Crippen molar-refractivity contribution < 1.29 is 14.7 Å². The van der Waals surface area contributed by atoms with Crippen molar-refractivity contribution >= 4 is 11.8 Å². The molecule has 2 amide bonds. The summed E-state index contributed by atoms with van der Waals surface area (Å²) in [4.78, 5) is 25.9. The maximum absolute atomic E-state index is 12.1. The van der Waals surface area contributed by atoms with Crippen LogP contribution < -0.4 is 5.32 Å². The molecule has 2 rings (SSSR count). The van der Waals surface area contributed by atoms with Crippen LogP contribution in [0.3, 0.4) is 0 Å². The van der Waals surface area contributed by atoms with Crippen molar-refractivity contribution in [3.8, 4) is 0 Å². The molecule has 0 saturated carbocycles. The Labute approximate surface area is 137 Å². The Morgan fingerprint density at radius 1 is 1.39 bits per heavy atom. The first-order valence-electron chi connectivity index (χ1n) is 8.37. The molecule has 2 unspecified atom stereocenters. The van der Waals surface area contributed by atoms with Gasteiger partial charge in [0.15, 0.2) is 0 Å². The first-order valence-corrected chi connectivity index (χ1v) is 8.37. The van der Waals surface area contributed by atoms with Crippen LogP contribution in [-0.2, 0) is 16.0 Å². The topological polar surface area (TPSA) is 69.6 Å². The second-order valence-electron chi connectivity index (χ2n) is 6.12. The predicted molar refractivity (Wildman–Crippen MR) is 88.8 cm³/mol. The van der Waals surface area contributed by atoms with Gasteiger partial charge in [0.2, 0.25) is 11.8 Å². The molecule has 0 aromatic heterocycles. The number of rotatable bonds is 8. The van der Waals surface area contributed by atoms with Crippen molar-refractivity contribution in [1.82, 2.24) is 10.2 Å². The van der Waals surface area contributed by atoms with E-state index < -0.39 is 0 Å². The Kier molecular flexibility index (Phi) is 6.59. The van der Waals surface area contributed by atoms with Crippen molar-refractivity contribution in [3.05, 3.63) is 35.9 Å². The lowest BCUT2D eigenvalue weighted by Crippen LogP contribution is -2.35. The van der Waals surface area contributed by atoms with E-state index in [1.807, 2.05) is 37.3 Å². The fourth-order valence-electron chi connectivity index (χ4n) is 2.78. The second kappa shape index (κ2) is 8.67. The number of nitrogens with one attached hydrogen (secondary N) is 1. The van der Waals surface area contributed by atoms with E-state index in [0.29, 0.717) is 32.5 Å². The molecular formula is C18H26N2O3. The van der Waals surface area contributed by atoms with E-state index in [2.05, 4.69) is 5.32 Å². The number of hydrogen-bond donors (Lipinski definition) is 2. The van der Waals surface area contributed by atoms with Crippen LogP contribution in [0.15, 0.2) is 30.3 Å². The fraction of sp³-hybridized carbons (Fsp3) is 0.556. The van der Waals surface area contributed by atoms with Gasteiger partial charge in [-0.15, -0.1) is 0 Å². The van der Waals surface area contributed by atoms with Crippen LogP contribution in [0.25, 0.3) is 0 Å². The number of hydrogen-bond acceptors (Lipinski definition) is 3. The molecule has 1 saturated heterocycles. The highest BCUT2D eigenvalue weighted by molar-refractivity contribution is 5.89. The molecule has 1 aliphatic heterocycles. The summed E-state index contributed by atoms with van der Waals surface area (Å²) in [6.45, 7) is 3.52. The smallest absolute Gasteiger partial charge is 0.225 e. The summed E-state index contributed by atoms with van der Waals surface area (Å²) in [5.41, 5.74) is 1.20. The molecule has 5 heteroatoms. The van der Waals surface area contributed by atoms with Gasteiger partial charge in [-0.1, -0.05) is 37.3 Å². The summed E-state index contributed by atoms with van der Waals surface area (Å²) in [7, 11) is 0. The molecular weight excluding hydrogens is 292 g/mol. The third kappa shape index (κ3) is 5.36. The number of aliphatic hydroxyl groups is 1. The second-order valence-corrected chi connectivity index (χ2v) is 6.12. The van der Waals surface area contributed by atoms with Crippen LogP contribution in [0.4, 0.5) is 0 Å². The molecule has 0 spiro atoms. The third-order valence-electron chi connectivity index (χ3n) is 4.35. The van der Waals surface area contributed by atoms with Gasteiger partial charge in [0.25, 0.3) is 0 Å².